The molecule has 0 atom stereocenters. The van der Waals surface area contributed by atoms with Crippen molar-refractivity contribution >= 4 is 21.8 Å². The van der Waals surface area contributed by atoms with E-state index in [9.17, 15) is 4.79 Å². The van der Waals surface area contributed by atoms with Crippen LogP contribution in [0.15, 0.2) is 28.9 Å². The molecule has 1 heterocycles. The van der Waals surface area contributed by atoms with Gasteiger partial charge in [-0.05, 0) is 54.9 Å². The molecule has 0 aliphatic rings. The zero-order chi connectivity index (χ0) is 15.8. The van der Waals surface area contributed by atoms with E-state index in [1.54, 1.807) is 29.1 Å². The minimum absolute atomic E-state index is 0.319. The summed E-state index contributed by atoms with van der Waals surface area (Å²) < 4.78 is 8.47. The van der Waals surface area contributed by atoms with Crippen molar-refractivity contribution < 1.29 is 9.53 Å². The van der Waals surface area contributed by atoms with Crippen LogP contribution in [0.1, 0.15) is 31.1 Å². The number of aryl methyl sites for hydroxylation is 1. The number of ether oxygens (including phenoxy) is 1. The summed E-state index contributed by atoms with van der Waals surface area (Å²) in [6.07, 6.45) is 1.69. The molecule has 2 rings (SSSR count). The summed E-state index contributed by atoms with van der Waals surface area (Å²) in [7, 11) is 1.82. The second-order valence-electron chi connectivity index (χ2n) is 5.72. The van der Waals surface area contributed by atoms with Crippen molar-refractivity contribution in [2.45, 2.75) is 26.4 Å². The number of halogens is 1. The molecule has 1 aromatic heterocycles. The van der Waals surface area contributed by atoms with Crippen LogP contribution in [0.3, 0.4) is 0 Å². The molecule has 1 radical (unpaired) electrons. The number of carbonyl (C=O) groups excluding carboxylic acids is 1. The Labute approximate surface area is 132 Å². The number of amides is 1. The van der Waals surface area contributed by atoms with Gasteiger partial charge < -0.3 is 4.74 Å². The molecule has 6 heteroatoms. The Kier molecular flexibility index (Phi) is 4.09. The molecule has 21 heavy (non-hydrogen) atoms. The fourth-order valence-electron chi connectivity index (χ4n) is 1.99. The summed E-state index contributed by atoms with van der Waals surface area (Å²) in [5.41, 5.74) is 8.77. The Bertz CT molecular complexity index is 667. The maximum Gasteiger partial charge on any atom is 0.269 e. The standard InChI is InChI=1S/C15H17BrN3O2/c1-15(2,3)21-12-6-5-9(14(17)20)7-10(12)13-11(16)8-18-19(13)4/h5-8,17H,1-4H3. The van der Waals surface area contributed by atoms with Crippen molar-refractivity contribution in [3.05, 3.63) is 34.4 Å². The van der Waals surface area contributed by atoms with Gasteiger partial charge in [-0.15, -0.1) is 0 Å². The van der Waals surface area contributed by atoms with E-state index in [1.165, 1.54) is 0 Å². The van der Waals surface area contributed by atoms with Gasteiger partial charge in [-0.2, -0.15) is 5.10 Å². The van der Waals surface area contributed by atoms with Crippen LogP contribution in [-0.4, -0.2) is 21.3 Å². The van der Waals surface area contributed by atoms with Crippen LogP contribution in [0.5, 0.6) is 5.75 Å². The summed E-state index contributed by atoms with van der Waals surface area (Å²) in [5, 5.41) is 4.19. The van der Waals surface area contributed by atoms with Gasteiger partial charge in [0.1, 0.15) is 11.4 Å². The highest BCUT2D eigenvalue weighted by Gasteiger charge is 2.20. The summed E-state index contributed by atoms with van der Waals surface area (Å²) >= 11 is 3.46. The van der Waals surface area contributed by atoms with E-state index in [2.05, 4.69) is 21.0 Å². The van der Waals surface area contributed by atoms with Crippen LogP contribution in [0.4, 0.5) is 0 Å². The average Bonchev–Trinajstić information content (AvgIpc) is 2.68. The molecule has 0 spiro atoms. The van der Waals surface area contributed by atoms with E-state index < -0.39 is 5.91 Å². The topological polar surface area (TPSA) is 67.9 Å². The third-order valence-electron chi connectivity index (χ3n) is 2.81. The van der Waals surface area contributed by atoms with E-state index >= 15 is 0 Å². The number of aromatic nitrogens is 2. The lowest BCUT2D eigenvalue weighted by molar-refractivity contribution is 0.0992. The first-order valence-electron chi connectivity index (χ1n) is 6.46. The number of hydrogen-bond acceptors (Lipinski definition) is 3. The smallest absolute Gasteiger partial charge is 0.269 e. The number of carbonyl (C=O) groups is 1. The third-order valence-corrected chi connectivity index (χ3v) is 3.39. The van der Waals surface area contributed by atoms with Gasteiger partial charge in [0.15, 0.2) is 0 Å². The van der Waals surface area contributed by atoms with Crippen LogP contribution >= 0.6 is 15.9 Å². The molecule has 0 saturated carbocycles. The molecule has 0 saturated heterocycles. The zero-order valence-corrected chi connectivity index (χ0v) is 14.0. The predicted molar refractivity (Wildman–Crippen MR) is 84.2 cm³/mol. The molecular formula is C15H17BrN3O2. The van der Waals surface area contributed by atoms with Gasteiger partial charge in [0, 0.05) is 18.2 Å². The Morgan fingerprint density at radius 1 is 1.38 bits per heavy atom. The lowest BCUT2D eigenvalue weighted by Crippen LogP contribution is -2.23. The summed E-state index contributed by atoms with van der Waals surface area (Å²) in [5.74, 6) is -0.0753. The van der Waals surface area contributed by atoms with Crippen LogP contribution in [0.25, 0.3) is 11.3 Å². The van der Waals surface area contributed by atoms with Crippen molar-refractivity contribution in [2.24, 2.45) is 7.05 Å². The number of nitrogens with zero attached hydrogens (tertiary/aromatic N) is 2. The lowest BCUT2D eigenvalue weighted by Gasteiger charge is -2.23. The first-order chi connectivity index (χ1) is 9.69. The van der Waals surface area contributed by atoms with Crippen LogP contribution in [0.2, 0.25) is 0 Å². The van der Waals surface area contributed by atoms with Crippen molar-refractivity contribution in [3.8, 4) is 17.0 Å². The van der Waals surface area contributed by atoms with Gasteiger partial charge >= 0.3 is 0 Å². The van der Waals surface area contributed by atoms with E-state index in [4.69, 9.17) is 10.5 Å². The number of nitrogens with one attached hydrogen (secondary N) is 1. The van der Waals surface area contributed by atoms with Gasteiger partial charge in [-0.25, -0.2) is 0 Å². The summed E-state index contributed by atoms with van der Waals surface area (Å²) in [6.45, 7) is 5.87. The number of rotatable bonds is 3. The zero-order valence-electron chi connectivity index (χ0n) is 12.4. The van der Waals surface area contributed by atoms with Gasteiger partial charge in [-0.3, -0.25) is 15.2 Å². The van der Waals surface area contributed by atoms with E-state index in [0.717, 1.165) is 15.7 Å². The van der Waals surface area contributed by atoms with Crippen molar-refractivity contribution in [1.29, 1.82) is 0 Å². The second-order valence-corrected chi connectivity index (χ2v) is 6.57. The van der Waals surface area contributed by atoms with Gasteiger partial charge in [-0.1, -0.05) is 0 Å². The Morgan fingerprint density at radius 2 is 2.05 bits per heavy atom. The average molecular weight is 351 g/mol. The van der Waals surface area contributed by atoms with Crippen molar-refractivity contribution in [2.75, 3.05) is 0 Å². The second kappa shape index (κ2) is 5.52. The molecule has 1 amide bonds. The molecule has 0 bridgehead atoms. The van der Waals surface area contributed by atoms with E-state index in [1.807, 2.05) is 27.8 Å². The van der Waals surface area contributed by atoms with Crippen LogP contribution < -0.4 is 10.5 Å². The van der Waals surface area contributed by atoms with Gasteiger partial charge in [0.25, 0.3) is 5.91 Å². The highest BCUT2D eigenvalue weighted by atomic mass is 79.9. The molecule has 0 fully saturated rings. The fraction of sp³-hybridized carbons (Fsp3) is 0.333. The largest absolute Gasteiger partial charge is 0.487 e. The SMILES string of the molecule is Cn1ncc(Br)c1-c1cc(C([NH])=O)ccc1OC(C)(C)C. The van der Waals surface area contributed by atoms with E-state index in [0.29, 0.717) is 11.3 Å². The third kappa shape index (κ3) is 3.44. The monoisotopic (exact) mass is 350 g/mol. The number of benzene rings is 1. The first-order valence-corrected chi connectivity index (χ1v) is 7.25. The minimum atomic E-state index is -0.725. The predicted octanol–water partition coefficient (Wildman–Crippen LogP) is 3.45. The normalized spacial score (nSPS) is 11.5. The maximum absolute atomic E-state index is 11.3. The van der Waals surface area contributed by atoms with Gasteiger partial charge in [0.05, 0.1) is 16.4 Å². The molecule has 5 nitrogen and oxygen atoms in total. The van der Waals surface area contributed by atoms with Crippen LogP contribution in [-0.2, 0) is 7.05 Å². The molecule has 0 unspecified atom stereocenters. The fourth-order valence-corrected chi connectivity index (χ4v) is 2.55. The Morgan fingerprint density at radius 3 is 2.52 bits per heavy atom. The minimum Gasteiger partial charge on any atom is -0.487 e. The lowest BCUT2D eigenvalue weighted by atomic mass is 10.1. The maximum atomic E-state index is 11.3. The Balaban J connectivity index is 2.64. The molecule has 1 N–H and O–H groups in total. The summed E-state index contributed by atoms with van der Waals surface area (Å²) in [4.78, 5) is 11.3. The molecule has 1 aromatic carbocycles. The molecule has 111 valence electrons. The first kappa shape index (κ1) is 15.6. The van der Waals surface area contributed by atoms with Gasteiger partial charge in [0.2, 0.25) is 0 Å². The van der Waals surface area contributed by atoms with Crippen molar-refractivity contribution in [3.63, 3.8) is 0 Å². The highest BCUT2D eigenvalue weighted by Crippen LogP contribution is 2.36. The van der Waals surface area contributed by atoms with Crippen molar-refractivity contribution in [1.82, 2.24) is 15.5 Å². The number of hydrogen-bond donors (Lipinski definition) is 0. The molecular weight excluding hydrogens is 334 g/mol. The summed E-state index contributed by atoms with van der Waals surface area (Å²) in [6, 6.07) is 4.99. The quantitative estimate of drug-likeness (QED) is 0.851. The molecule has 2 aromatic rings. The molecule has 0 aliphatic carbocycles. The van der Waals surface area contributed by atoms with Crippen LogP contribution in [0, 0.1) is 0 Å². The Hall–Kier alpha value is -1.82. The molecule has 0 aliphatic heterocycles. The van der Waals surface area contributed by atoms with E-state index in [-0.39, 0.29) is 5.60 Å². The highest BCUT2D eigenvalue weighted by molar-refractivity contribution is 9.10.